The number of aromatic nitrogens is 8. The first-order valence-electron chi connectivity index (χ1n) is 46.3. The average molecular weight is 1700 g/mol. The summed E-state index contributed by atoms with van der Waals surface area (Å²) in [5.74, 6) is 3.56. The van der Waals surface area contributed by atoms with Gasteiger partial charge in [-0.05, 0) is 170 Å². The smallest absolute Gasteiger partial charge is 0.146 e. The molecule has 0 amide bonds. The second kappa shape index (κ2) is 30.2. The number of nitrogens with zero attached hydrogens (tertiary/aromatic N) is 8. The molecule has 0 fully saturated rings. The summed E-state index contributed by atoms with van der Waals surface area (Å²) in [5.41, 5.74) is 26.7. The zero-order valence-corrected chi connectivity index (χ0v) is 76.2. The van der Waals surface area contributed by atoms with Crippen LogP contribution >= 0.6 is 0 Å². The highest BCUT2D eigenvalue weighted by Gasteiger charge is 2.32. The van der Waals surface area contributed by atoms with E-state index in [1.807, 2.05) is 0 Å². The Hall–Kier alpha value is -15.6. The second-order valence-electron chi connectivity index (χ2n) is 39.8. The van der Waals surface area contributed by atoms with E-state index in [4.69, 9.17) is 19.9 Å². The van der Waals surface area contributed by atoms with Crippen molar-refractivity contribution in [3.8, 4) is 90.6 Å². The molecule has 0 spiro atoms. The maximum Gasteiger partial charge on any atom is 0.146 e. The summed E-state index contributed by atoms with van der Waals surface area (Å²) in [6.45, 7) is 25.3. The molecule has 0 bridgehead atoms. The minimum Gasteiger partial charge on any atom is -0.292 e. The molecule has 4 aromatic heterocycles. The number of benzene rings is 20. The van der Waals surface area contributed by atoms with Gasteiger partial charge in [0.25, 0.3) is 0 Å². The molecule has 0 N–H and O–H groups in total. The van der Waals surface area contributed by atoms with Gasteiger partial charge < -0.3 is 0 Å². The average Bonchev–Trinajstić information content (AvgIpc) is 1.57. The normalized spacial score (nSPS) is 12.5. The minimum absolute atomic E-state index is 0.00278. The molecule has 0 radical (unpaired) electrons. The van der Waals surface area contributed by atoms with Gasteiger partial charge in [0, 0.05) is 88.1 Å². The Balaban J connectivity index is 0.647. The fourth-order valence-corrected chi connectivity index (χ4v) is 21.2. The first kappa shape index (κ1) is 79.7. The molecule has 24 aromatic rings. The summed E-state index contributed by atoms with van der Waals surface area (Å²) in [6.07, 6.45) is 0.672. The van der Waals surface area contributed by atoms with Gasteiger partial charge in [0.15, 0.2) is 0 Å². The Morgan fingerprint density at radius 2 is 0.432 bits per heavy atom. The SMILES string of the molecule is CC(C)(C)c1ccc(-c2nc3c4ccccc4c4ccccc4c3n2-c2ccc(-c3ccc(-c4nc5c6ccccc6c6ccccc6c5n4-c4ccc(C(C)(C)C)cc4)c(CC(C)(C)c4ccc(-n5c(-c6ccc(-c7cccc(-n8c(-c9ccc(C(C)(C)C)cc9)nc9c%10ccccc%10c%10ccccc%10c98)c7)cc6)nc6c7ccccc7c7ccccc7c65)cc4)c3)cc2)cc1. The topological polar surface area (TPSA) is 71.3 Å². The molecule has 0 unspecified atom stereocenters. The molecule has 4 heterocycles. The summed E-state index contributed by atoms with van der Waals surface area (Å²) >= 11 is 0. The van der Waals surface area contributed by atoms with Crippen LogP contribution in [-0.4, -0.2) is 38.2 Å². The largest absolute Gasteiger partial charge is 0.292 e. The van der Waals surface area contributed by atoms with E-state index in [0.717, 1.165) is 178 Å². The molecule has 132 heavy (non-hydrogen) atoms. The molecule has 8 heteroatoms. The quantitative estimate of drug-likeness (QED) is 0.108. The van der Waals surface area contributed by atoms with Crippen molar-refractivity contribution in [2.24, 2.45) is 0 Å². The zero-order valence-electron chi connectivity index (χ0n) is 76.2. The van der Waals surface area contributed by atoms with Crippen molar-refractivity contribution in [2.75, 3.05) is 0 Å². The Bertz CT molecular complexity index is 8820. The zero-order chi connectivity index (χ0) is 89.4. The number of imidazole rings is 4. The molecule has 0 aliphatic rings. The van der Waals surface area contributed by atoms with Gasteiger partial charge in [-0.15, -0.1) is 0 Å². The maximum atomic E-state index is 5.99. The highest BCUT2D eigenvalue weighted by atomic mass is 15.1. The summed E-state index contributed by atoms with van der Waals surface area (Å²) < 4.78 is 9.69. The van der Waals surface area contributed by atoms with Crippen LogP contribution in [0.1, 0.15) is 104 Å². The molecule has 634 valence electrons. The fourth-order valence-electron chi connectivity index (χ4n) is 21.2. The van der Waals surface area contributed by atoms with E-state index in [-0.39, 0.29) is 16.2 Å². The standard InChI is InChI=1S/C124H98N8/c1-121(2,3)84-58-51-79(52-59-84)118-126-109-101-39-20-12-31-93(101)97-35-16-24-43-105(97)113(109)129(118)88-66-55-77(56-67-88)82-57-72-92(120-128-112-104-42-23-15-34-96(104)99-37-18-26-45-107(99)115(112)131(120)90-68-62-86(63-69-90)123(7,8)9)83(73-82)75-124(10,11)87-64-70-89(71-65-87)130-114-106-44-25-17-36-98(106)94-32-13-21-40-102(94)110(114)125-117(130)78-49-47-76(48-50-78)81-29-28-30-91(74-81)132-116-108-46-27-19-38-100(108)95-33-14-22-41-103(95)111(116)127-119(132)80-53-60-85(61-54-80)122(4,5)6/h12-74H,75H2,1-11H3. The van der Waals surface area contributed by atoms with Crippen molar-refractivity contribution in [3.05, 3.63) is 410 Å². The van der Waals surface area contributed by atoms with Crippen LogP contribution < -0.4 is 0 Å². The lowest BCUT2D eigenvalue weighted by molar-refractivity contribution is 0.523. The number of hydrogen-bond donors (Lipinski definition) is 0. The maximum absolute atomic E-state index is 5.99. The predicted octanol–water partition coefficient (Wildman–Crippen LogP) is 32.7. The van der Waals surface area contributed by atoms with Gasteiger partial charge in [0.2, 0.25) is 0 Å². The van der Waals surface area contributed by atoms with Crippen molar-refractivity contribution >= 4 is 130 Å². The lowest BCUT2D eigenvalue weighted by Gasteiger charge is -2.28. The van der Waals surface area contributed by atoms with E-state index in [0.29, 0.717) is 6.42 Å². The van der Waals surface area contributed by atoms with E-state index in [9.17, 15) is 0 Å². The first-order valence-corrected chi connectivity index (χ1v) is 46.3. The third-order valence-corrected chi connectivity index (χ3v) is 28.1. The van der Waals surface area contributed by atoms with Crippen LogP contribution in [0.4, 0.5) is 0 Å². The van der Waals surface area contributed by atoms with Crippen LogP contribution in [0.2, 0.25) is 0 Å². The van der Waals surface area contributed by atoms with Gasteiger partial charge in [0.1, 0.15) is 23.3 Å². The Morgan fingerprint density at radius 3 is 0.773 bits per heavy atom. The fraction of sp³-hybridized carbons (Fsp3) is 0.129. The van der Waals surface area contributed by atoms with Crippen molar-refractivity contribution in [3.63, 3.8) is 0 Å². The van der Waals surface area contributed by atoms with Crippen LogP contribution in [0.25, 0.3) is 221 Å². The van der Waals surface area contributed by atoms with Crippen LogP contribution in [-0.2, 0) is 28.1 Å². The number of hydrogen-bond acceptors (Lipinski definition) is 4. The van der Waals surface area contributed by atoms with Gasteiger partial charge in [-0.25, -0.2) is 19.9 Å². The highest BCUT2D eigenvalue weighted by Crippen LogP contribution is 2.49. The van der Waals surface area contributed by atoms with E-state index >= 15 is 0 Å². The van der Waals surface area contributed by atoms with E-state index in [1.165, 1.54) is 70.9 Å². The van der Waals surface area contributed by atoms with Gasteiger partial charge in [-0.1, -0.05) is 410 Å². The second-order valence-corrected chi connectivity index (χ2v) is 39.8. The van der Waals surface area contributed by atoms with Crippen LogP contribution in [0, 0.1) is 0 Å². The first-order chi connectivity index (χ1) is 64.1. The van der Waals surface area contributed by atoms with Gasteiger partial charge in [-0.2, -0.15) is 0 Å². The van der Waals surface area contributed by atoms with Crippen molar-refractivity contribution in [1.82, 2.24) is 38.2 Å². The molecule has 0 aliphatic carbocycles. The lowest BCUT2D eigenvalue weighted by atomic mass is 9.77. The third-order valence-electron chi connectivity index (χ3n) is 28.1. The summed E-state index contributed by atoms with van der Waals surface area (Å²) in [4.78, 5) is 23.1. The van der Waals surface area contributed by atoms with E-state index in [2.05, 4.69) is 477 Å². The van der Waals surface area contributed by atoms with Gasteiger partial charge >= 0.3 is 0 Å². The highest BCUT2D eigenvalue weighted by molar-refractivity contribution is 6.28. The lowest BCUT2D eigenvalue weighted by Crippen LogP contribution is -2.21. The molecule has 0 aliphatic heterocycles. The summed E-state index contributed by atoms with van der Waals surface area (Å²) in [7, 11) is 0. The number of rotatable bonds is 13. The monoisotopic (exact) mass is 1700 g/mol. The molecule has 24 rings (SSSR count). The molecule has 0 atom stereocenters. The van der Waals surface area contributed by atoms with E-state index in [1.54, 1.807) is 0 Å². The van der Waals surface area contributed by atoms with Gasteiger partial charge in [0.05, 0.1) is 44.1 Å². The summed E-state index contributed by atoms with van der Waals surface area (Å²) in [6, 6.07) is 142. The molecule has 8 nitrogen and oxygen atoms in total. The number of fused-ring (bicyclic) bond motifs is 24. The van der Waals surface area contributed by atoms with Gasteiger partial charge in [-0.3, -0.25) is 18.3 Å². The van der Waals surface area contributed by atoms with E-state index < -0.39 is 5.41 Å². The molecular formula is C124H98N8. The minimum atomic E-state index is -0.445. The van der Waals surface area contributed by atoms with Crippen LogP contribution in [0.15, 0.2) is 382 Å². The van der Waals surface area contributed by atoms with Crippen molar-refractivity contribution < 1.29 is 0 Å². The third kappa shape index (κ3) is 13.0. The van der Waals surface area contributed by atoms with Crippen LogP contribution in [0.5, 0.6) is 0 Å². The Labute approximate surface area is 768 Å². The Kier molecular flexibility index (Phi) is 18.3. The Morgan fingerprint density at radius 1 is 0.189 bits per heavy atom. The molecular weight excluding hydrogens is 1600 g/mol. The molecule has 0 saturated heterocycles. The summed E-state index contributed by atoms with van der Waals surface area (Å²) in [5, 5.41) is 18.7. The predicted molar refractivity (Wildman–Crippen MR) is 557 cm³/mol. The molecule has 0 saturated carbocycles. The van der Waals surface area contributed by atoms with Crippen molar-refractivity contribution in [1.29, 1.82) is 0 Å². The van der Waals surface area contributed by atoms with Crippen LogP contribution in [0.3, 0.4) is 0 Å². The molecule has 20 aromatic carbocycles. The van der Waals surface area contributed by atoms with Crippen molar-refractivity contribution in [2.45, 2.75) is 104 Å².